The summed E-state index contributed by atoms with van der Waals surface area (Å²) in [4.78, 5) is 32.5. The normalized spacial score (nSPS) is 25.8. The minimum Gasteiger partial charge on any atom is -0.437 e. The summed E-state index contributed by atoms with van der Waals surface area (Å²) >= 11 is 1.37. The van der Waals surface area contributed by atoms with E-state index in [1.165, 1.54) is 16.2 Å². The van der Waals surface area contributed by atoms with Crippen molar-refractivity contribution in [1.82, 2.24) is 14.4 Å². The van der Waals surface area contributed by atoms with E-state index in [0.717, 1.165) is 18.4 Å². The lowest BCUT2D eigenvalue weighted by Gasteiger charge is -2.36. The monoisotopic (exact) mass is 439 g/mol. The van der Waals surface area contributed by atoms with Crippen LogP contribution in [0.1, 0.15) is 50.3 Å². The summed E-state index contributed by atoms with van der Waals surface area (Å²) in [6.45, 7) is 5.79. The van der Waals surface area contributed by atoms with Gasteiger partial charge in [0.15, 0.2) is 18.5 Å². The Labute approximate surface area is 184 Å². The zero-order valence-corrected chi connectivity index (χ0v) is 18.4. The molecule has 5 rings (SSSR count). The molecule has 0 spiro atoms. The fourth-order valence-electron chi connectivity index (χ4n) is 4.12. The number of nitriles is 1. The standard InChI is InChI=1S/C22H23N4O4S/c1-21(2,3)30-20(28)26(15-6-4-14(5-7-15)22(12-23)8-9-22)13-25-10-16(29-19(25)27)18-24-17(26)11-31-18/h4-7,11,16H,8-10,13H2,1-3H3/q+1/t16-,26?/m0/s1. The van der Waals surface area contributed by atoms with Crippen LogP contribution in [0.4, 0.5) is 21.1 Å². The van der Waals surface area contributed by atoms with Crippen molar-refractivity contribution in [2.24, 2.45) is 0 Å². The number of hydrogen-bond donors (Lipinski definition) is 0. The number of carbonyl (C=O) groups excluding carboxylic acids is 2. The number of nitrogens with zero attached hydrogens (tertiary/aromatic N) is 4. The maximum atomic E-state index is 13.7. The molecule has 8 nitrogen and oxygen atoms in total. The fraction of sp³-hybridized carbons (Fsp3) is 0.455. The number of benzene rings is 1. The van der Waals surface area contributed by atoms with Crippen molar-refractivity contribution in [1.29, 1.82) is 5.26 Å². The first-order valence-corrected chi connectivity index (χ1v) is 11.1. The Morgan fingerprint density at radius 1 is 1.35 bits per heavy atom. The van der Waals surface area contributed by atoms with Gasteiger partial charge in [-0.25, -0.2) is 4.79 Å². The number of hydrogen-bond acceptors (Lipinski definition) is 7. The number of ether oxygens (including phenoxy) is 2. The first-order chi connectivity index (χ1) is 14.7. The van der Waals surface area contributed by atoms with Gasteiger partial charge >= 0.3 is 12.2 Å². The van der Waals surface area contributed by atoms with Gasteiger partial charge in [0.25, 0.3) is 5.82 Å². The van der Waals surface area contributed by atoms with Crippen molar-refractivity contribution in [3.8, 4) is 6.07 Å². The second-order valence-corrected chi connectivity index (χ2v) is 10.2. The van der Waals surface area contributed by atoms with Crippen molar-refractivity contribution >= 4 is 35.0 Å². The maximum absolute atomic E-state index is 13.7. The molecule has 1 aromatic heterocycles. The minimum atomic E-state index is -0.726. The van der Waals surface area contributed by atoms with Crippen LogP contribution in [0.2, 0.25) is 0 Å². The van der Waals surface area contributed by atoms with Crippen molar-refractivity contribution < 1.29 is 19.1 Å². The molecule has 0 N–H and O–H groups in total. The molecular weight excluding hydrogens is 416 g/mol. The molecule has 31 heavy (non-hydrogen) atoms. The zero-order chi connectivity index (χ0) is 22.0. The number of quaternary nitrogens is 1. The Bertz CT molecular complexity index is 1110. The molecule has 1 aliphatic carbocycles. The highest BCUT2D eigenvalue weighted by molar-refractivity contribution is 7.10. The van der Waals surface area contributed by atoms with E-state index in [-0.39, 0.29) is 11.2 Å². The van der Waals surface area contributed by atoms with Gasteiger partial charge in [0, 0.05) is 12.1 Å². The lowest BCUT2D eigenvalue weighted by Crippen LogP contribution is -2.58. The highest BCUT2D eigenvalue weighted by Gasteiger charge is 2.54. The van der Waals surface area contributed by atoms with E-state index in [1.807, 2.05) is 50.4 Å². The number of carbonyl (C=O) groups is 2. The van der Waals surface area contributed by atoms with Crippen LogP contribution in [0.25, 0.3) is 0 Å². The van der Waals surface area contributed by atoms with Crippen LogP contribution in [0, 0.1) is 11.3 Å². The Kier molecular flexibility index (Phi) is 4.20. The van der Waals surface area contributed by atoms with Gasteiger partial charge in [-0.15, -0.1) is 15.8 Å². The van der Waals surface area contributed by atoms with Gasteiger partial charge in [-0.2, -0.15) is 15.0 Å². The van der Waals surface area contributed by atoms with E-state index in [9.17, 15) is 14.9 Å². The lowest BCUT2D eigenvalue weighted by molar-refractivity contribution is 0.0292. The molecule has 160 valence electrons. The number of rotatable bonds is 2. The molecule has 2 aliphatic heterocycles. The van der Waals surface area contributed by atoms with E-state index in [4.69, 9.17) is 14.5 Å². The molecule has 4 bridgehead atoms. The van der Waals surface area contributed by atoms with Crippen LogP contribution in [-0.4, -0.2) is 40.9 Å². The Morgan fingerprint density at radius 2 is 2.06 bits per heavy atom. The molecule has 2 aromatic rings. The lowest BCUT2D eigenvalue weighted by atomic mass is 9.97. The molecular formula is C22H23N4O4S+. The van der Waals surface area contributed by atoms with Crippen LogP contribution in [0.15, 0.2) is 29.6 Å². The smallest absolute Gasteiger partial charge is 0.437 e. The van der Waals surface area contributed by atoms with Gasteiger partial charge in [-0.3, -0.25) is 4.90 Å². The number of amides is 2. The Morgan fingerprint density at radius 3 is 2.68 bits per heavy atom. The van der Waals surface area contributed by atoms with Crippen LogP contribution >= 0.6 is 11.3 Å². The molecule has 2 fully saturated rings. The molecule has 1 aromatic carbocycles. The quantitative estimate of drug-likeness (QED) is 0.628. The fourth-order valence-corrected chi connectivity index (χ4v) is 5.00. The average Bonchev–Trinajstić information content (AvgIpc) is 3.17. The van der Waals surface area contributed by atoms with Crippen LogP contribution in [0.3, 0.4) is 0 Å². The first-order valence-electron chi connectivity index (χ1n) is 10.2. The van der Waals surface area contributed by atoms with Crippen LogP contribution in [0.5, 0.6) is 0 Å². The summed E-state index contributed by atoms with van der Waals surface area (Å²) in [6, 6.07) is 9.88. The van der Waals surface area contributed by atoms with E-state index < -0.39 is 29.3 Å². The third-order valence-corrected chi connectivity index (χ3v) is 6.90. The summed E-state index contributed by atoms with van der Waals surface area (Å²) in [5.41, 5.74) is 0.413. The van der Waals surface area contributed by atoms with E-state index in [2.05, 4.69) is 6.07 Å². The van der Waals surface area contributed by atoms with Gasteiger partial charge in [0.2, 0.25) is 0 Å². The van der Waals surface area contributed by atoms with E-state index in [1.54, 1.807) is 0 Å². The summed E-state index contributed by atoms with van der Waals surface area (Å²) in [6.07, 6.45) is 0.276. The van der Waals surface area contributed by atoms with Gasteiger partial charge in [0.1, 0.15) is 10.6 Å². The van der Waals surface area contributed by atoms with E-state index in [0.29, 0.717) is 23.1 Å². The summed E-state index contributed by atoms with van der Waals surface area (Å²) < 4.78 is 10.9. The Balaban J connectivity index is 1.66. The van der Waals surface area contributed by atoms with Gasteiger partial charge < -0.3 is 9.47 Å². The van der Waals surface area contributed by atoms with Crippen molar-refractivity contribution in [2.75, 3.05) is 13.2 Å². The molecule has 2 amide bonds. The Hall–Kier alpha value is -2.96. The predicted octanol–water partition coefficient (Wildman–Crippen LogP) is 4.74. The van der Waals surface area contributed by atoms with Crippen LogP contribution < -0.4 is 4.48 Å². The van der Waals surface area contributed by atoms with Crippen molar-refractivity contribution in [2.45, 2.75) is 50.7 Å². The summed E-state index contributed by atoms with van der Waals surface area (Å²) in [5.74, 6) is 0.497. The third kappa shape index (κ3) is 3.09. The molecule has 1 unspecified atom stereocenters. The topological polar surface area (TPSA) is 92.5 Å². The SMILES string of the molecule is CC(C)(C)OC(=O)[N+]1(c2ccc(C3(C#N)CC3)cc2)CN2C[C@H](OC2=O)c2nc1cs2. The number of aromatic nitrogens is 1. The van der Waals surface area contributed by atoms with Crippen LogP contribution in [-0.2, 0) is 14.9 Å². The molecule has 3 heterocycles. The minimum absolute atomic E-state index is 0.0240. The summed E-state index contributed by atoms with van der Waals surface area (Å²) in [7, 11) is 0. The largest absolute Gasteiger partial charge is 0.529 e. The average molecular weight is 440 g/mol. The molecule has 1 saturated carbocycles. The number of fused-ring (bicyclic) bond motifs is 5. The van der Waals surface area contributed by atoms with Crippen molar-refractivity contribution in [3.63, 3.8) is 0 Å². The highest BCUT2D eigenvalue weighted by Crippen LogP contribution is 2.49. The zero-order valence-electron chi connectivity index (χ0n) is 17.6. The molecule has 3 aliphatic rings. The number of thiazole rings is 1. The third-order valence-electron chi connectivity index (χ3n) is 5.98. The second-order valence-electron chi connectivity index (χ2n) is 9.31. The van der Waals surface area contributed by atoms with Gasteiger partial charge in [-0.05, 0) is 39.2 Å². The summed E-state index contributed by atoms with van der Waals surface area (Å²) in [5, 5.41) is 12.0. The van der Waals surface area contributed by atoms with Crippen molar-refractivity contribution in [3.05, 3.63) is 40.2 Å². The molecule has 2 atom stereocenters. The molecule has 9 heteroatoms. The first kappa shape index (κ1) is 20.0. The highest BCUT2D eigenvalue weighted by atomic mass is 32.1. The second kappa shape index (κ2) is 6.52. The molecule has 1 saturated heterocycles. The van der Waals surface area contributed by atoms with Gasteiger partial charge in [0.05, 0.1) is 23.4 Å². The van der Waals surface area contributed by atoms with E-state index >= 15 is 0 Å². The van der Waals surface area contributed by atoms with Gasteiger partial charge in [-0.1, -0.05) is 12.1 Å². The predicted molar refractivity (Wildman–Crippen MR) is 114 cm³/mol. The maximum Gasteiger partial charge on any atom is 0.529 e. The molecule has 0 radical (unpaired) electrons.